The zero-order chi connectivity index (χ0) is 14.8. The highest BCUT2D eigenvalue weighted by molar-refractivity contribution is 5.93. The van der Waals surface area contributed by atoms with Crippen LogP contribution in [0.4, 0.5) is 10.1 Å². The Morgan fingerprint density at radius 1 is 1.43 bits per heavy atom. The minimum Gasteiger partial charge on any atom is -0.388 e. The van der Waals surface area contributed by atoms with Crippen molar-refractivity contribution >= 4 is 11.6 Å². The van der Waals surface area contributed by atoms with Crippen molar-refractivity contribution in [1.82, 2.24) is 0 Å². The molecule has 1 amide bonds. The topological polar surface area (TPSA) is 58.6 Å². The average Bonchev–Trinajstić information content (AvgIpc) is 2.97. The second-order valence-electron chi connectivity index (χ2n) is 5.81. The number of hydrogen-bond acceptors (Lipinski definition) is 3. The van der Waals surface area contributed by atoms with Crippen LogP contribution in [0.25, 0.3) is 0 Å². The van der Waals surface area contributed by atoms with Crippen LogP contribution in [-0.4, -0.2) is 23.7 Å². The van der Waals surface area contributed by atoms with E-state index in [4.69, 9.17) is 4.74 Å². The molecule has 0 bridgehead atoms. The Hall–Kier alpha value is -1.46. The molecule has 0 aliphatic carbocycles. The summed E-state index contributed by atoms with van der Waals surface area (Å²) in [6.45, 7) is 0.785. The molecule has 0 saturated carbocycles. The van der Waals surface area contributed by atoms with Crippen molar-refractivity contribution in [3.63, 3.8) is 0 Å². The molecular weight excluding hydrogens is 273 g/mol. The Labute approximate surface area is 123 Å². The van der Waals surface area contributed by atoms with Crippen LogP contribution in [0.15, 0.2) is 12.1 Å². The molecule has 1 aromatic carbocycles. The maximum atomic E-state index is 14.1. The maximum Gasteiger partial charge on any atom is 0.224 e. The van der Waals surface area contributed by atoms with Gasteiger partial charge in [0, 0.05) is 24.3 Å². The number of aliphatic hydroxyl groups excluding tert-OH is 1. The van der Waals surface area contributed by atoms with Gasteiger partial charge in [0.1, 0.15) is 5.82 Å². The zero-order valence-electron chi connectivity index (χ0n) is 11.9. The number of benzene rings is 1. The lowest BCUT2D eigenvalue weighted by Crippen LogP contribution is -2.20. The fourth-order valence-electron chi connectivity index (χ4n) is 3.05. The van der Waals surface area contributed by atoms with Crippen molar-refractivity contribution in [2.45, 2.75) is 50.7 Å². The molecule has 2 aliphatic rings. The van der Waals surface area contributed by atoms with Crippen molar-refractivity contribution < 1.29 is 19.0 Å². The lowest BCUT2D eigenvalue weighted by Gasteiger charge is -2.20. The molecule has 1 aromatic rings. The number of anilines is 1. The Morgan fingerprint density at radius 2 is 2.29 bits per heavy atom. The lowest BCUT2D eigenvalue weighted by molar-refractivity contribution is -0.116. The predicted molar refractivity (Wildman–Crippen MR) is 76.5 cm³/mol. The molecular formula is C16H20FNO3. The van der Waals surface area contributed by atoms with E-state index in [1.54, 1.807) is 6.07 Å². The molecule has 21 heavy (non-hydrogen) atoms. The van der Waals surface area contributed by atoms with E-state index in [1.807, 2.05) is 0 Å². The van der Waals surface area contributed by atoms with Gasteiger partial charge in [-0.25, -0.2) is 4.39 Å². The number of nitrogens with one attached hydrogen (secondary N) is 1. The fourth-order valence-corrected chi connectivity index (χ4v) is 3.05. The van der Waals surface area contributed by atoms with E-state index >= 15 is 0 Å². The summed E-state index contributed by atoms with van der Waals surface area (Å²) in [4.78, 5) is 11.3. The maximum absolute atomic E-state index is 14.1. The first-order valence-electron chi connectivity index (χ1n) is 7.55. The van der Waals surface area contributed by atoms with E-state index < -0.39 is 11.9 Å². The van der Waals surface area contributed by atoms with Gasteiger partial charge in [-0.05, 0) is 49.8 Å². The number of amides is 1. The number of aryl methyl sites for hydroxylation is 1. The number of ether oxygens (including phenoxy) is 1. The Bertz CT molecular complexity index is 541. The van der Waals surface area contributed by atoms with E-state index in [9.17, 15) is 14.3 Å². The van der Waals surface area contributed by atoms with Gasteiger partial charge < -0.3 is 15.2 Å². The summed E-state index contributed by atoms with van der Waals surface area (Å²) in [5.41, 5.74) is 1.74. The van der Waals surface area contributed by atoms with Crippen LogP contribution in [0.1, 0.15) is 49.3 Å². The Balaban J connectivity index is 1.70. The fraction of sp³-hybridized carbons (Fsp3) is 0.562. The number of carbonyl (C=O) groups is 1. The molecule has 3 rings (SSSR count). The number of hydrogen-bond donors (Lipinski definition) is 2. The van der Waals surface area contributed by atoms with E-state index in [0.29, 0.717) is 30.5 Å². The van der Waals surface area contributed by atoms with Gasteiger partial charge in [0.2, 0.25) is 5.91 Å². The number of aliphatic hydroxyl groups is 1. The van der Waals surface area contributed by atoms with Gasteiger partial charge in [-0.3, -0.25) is 4.79 Å². The molecule has 1 fully saturated rings. The van der Waals surface area contributed by atoms with Crippen LogP contribution >= 0.6 is 0 Å². The summed E-state index contributed by atoms with van der Waals surface area (Å²) < 4.78 is 19.6. The van der Waals surface area contributed by atoms with Crippen LogP contribution in [0.5, 0.6) is 0 Å². The van der Waals surface area contributed by atoms with Crippen LogP contribution in [0.2, 0.25) is 0 Å². The van der Waals surface area contributed by atoms with Gasteiger partial charge in [0.05, 0.1) is 12.2 Å². The van der Waals surface area contributed by atoms with Crippen molar-refractivity contribution in [3.8, 4) is 0 Å². The summed E-state index contributed by atoms with van der Waals surface area (Å²) >= 11 is 0. The summed E-state index contributed by atoms with van der Waals surface area (Å²) in [7, 11) is 0. The first-order valence-corrected chi connectivity index (χ1v) is 7.55. The van der Waals surface area contributed by atoms with E-state index in [1.165, 1.54) is 6.07 Å². The highest BCUT2D eigenvalue weighted by Gasteiger charge is 2.22. The smallest absolute Gasteiger partial charge is 0.224 e. The molecule has 4 nitrogen and oxygen atoms in total. The highest BCUT2D eigenvalue weighted by atomic mass is 19.1. The highest BCUT2D eigenvalue weighted by Crippen LogP contribution is 2.31. The first kappa shape index (κ1) is 14.5. The van der Waals surface area contributed by atoms with Crippen LogP contribution in [0.3, 0.4) is 0 Å². The Morgan fingerprint density at radius 3 is 3.05 bits per heavy atom. The molecule has 2 unspecified atom stereocenters. The van der Waals surface area contributed by atoms with Crippen molar-refractivity contribution in [1.29, 1.82) is 0 Å². The number of carbonyl (C=O) groups excluding carboxylic acids is 1. The van der Waals surface area contributed by atoms with Gasteiger partial charge in [-0.2, -0.15) is 0 Å². The quantitative estimate of drug-likeness (QED) is 0.897. The number of fused-ring (bicyclic) bond motifs is 1. The molecule has 1 saturated heterocycles. The monoisotopic (exact) mass is 293 g/mol. The summed E-state index contributed by atoms with van der Waals surface area (Å²) in [5, 5.41) is 12.9. The minimum absolute atomic E-state index is 0.0893. The summed E-state index contributed by atoms with van der Waals surface area (Å²) in [6.07, 6.45) is 3.69. The predicted octanol–water partition coefficient (Wildman–Crippen LogP) is 2.70. The minimum atomic E-state index is -0.822. The molecule has 5 heteroatoms. The zero-order valence-corrected chi connectivity index (χ0v) is 11.9. The molecule has 0 spiro atoms. The van der Waals surface area contributed by atoms with Gasteiger partial charge >= 0.3 is 0 Å². The van der Waals surface area contributed by atoms with E-state index in [0.717, 1.165) is 31.4 Å². The normalized spacial score (nSPS) is 22.8. The molecule has 2 N–H and O–H groups in total. The number of rotatable bonds is 4. The third-order valence-corrected chi connectivity index (χ3v) is 4.26. The van der Waals surface area contributed by atoms with Crippen molar-refractivity contribution in [2.75, 3.05) is 11.9 Å². The summed E-state index contributed by atoms with van der Waals surface area (Å²) in [5.74, 6) is -0.552. The first-order chi connectivity index (χ1) is 10.1. The van der Waals surface area contributed by atoms with Crippen LogP contribution < -0.4 is 5.32 Å². The molecule has 2 atom stereocenters. The van der Waals surface area contributed by atoms with Gasteiger partial charge in [-0.1, -0.05) is 0 Å². The molecule has 114 valence electrons. The SMILES string of the molecule is O=C1CCc2cc(C(O)CCC3CCCO3)c(F)cc2N1. The third kappa shape index (κ3) is 3.24. The molecule has 2 heterocycles. The second kappa shape index (κ2) is 6.12. The van der Waals surface area contributed by atoms with Gasteiger partial charge in [0.25, 0.3) is 0 Å². The van der Waals surface area contributed by atoms with Crippen LogP contribution in [0, 0.1) is 5.82 Å². The average molecular weight is 293 g/mol. The van der Waals surface area contributed by atoms with E-state index in [-0.39, 0.29) is 12.0 Å². The van der Waals surface area contributed by atoms with Gasteiger partial charge in [0.15, 0.2) is 0 Å². The molecule has 2 aliphatic heterocycles. The summed E-state index contributed by atoms with van der Waals surface area (Å²) in [6, 6.07) is 3.00. The van der Waals surface area contributed by atoms with Gasteiger partial charge in [-0.15, -0.1) is 0 Å². The second-order valence-corrected chi connectivity index (χ2v) is 5.81. The molecule has 0 radical (unpaired) electrons. The van der Waals surface area contributed by atoms with Crippen LogP contribution in [-0.2, 0) is 16.0 Å². The van der Waals surface area contributed by atoms with Crippen molar-refractivity contribution in [3.05, 3.63) is 29.1 Å². The largest absolute Gasteiger partial charge is 0.388 e. The van der Waals surface area contributed by atoms with Crippen molar-refractivity contribution in [2.24, 2.45) is 0 Å². The Kier molecular flexibility index (Phi) is 4.22. The lowest BCUT2D eigenvalue weighted by atomic mass is 9.95. The third-order valence-electron chi connectivity index (χ3n) is 4.26. The standard InChI is InChI=1S/C16H20FNO3/c17-13-9-14-10(3-6-16(20)18-14)8-12(13)15(19)5-4-11-2-1-7-21-11/h8-9,11,15,19H,1-7H2,(H,18,20). The number of halogens is 1. The molecule has 0 aromatic heterocycles. The van der Waals surface area contributed by atoms with E-state index in [2.05, 4.69) is 5.32 Å².